The van der Waals surface area contributed by atoms with Gasteiger partial charge in [-0.3, -0.25) is 8.74 Å². The molecule has 0 fully saturated rings. The normalized spacial score (nSPS) is 10.3. The Labute approximate surface area is 521 Å². The van der Waals surface area contributed by atoms with E-state index in [2.05, 4.69) is 4.18 Å². The Hall–Kier alpha value is -7.52. The third-order valence-electron chi connectivity index (χ3n) is 10.9. The van der Waals surface area contributed by atoms with Gasteiger partial charge < -0.3 is 23.7 Å². The Balaban J connectivity index is 0.00000268. The molecule has 8 aromatic carbocycles. The molecule has 8 rings (SSSR count). The van der Waals surface area contributed by atoms with Crippen molar-refractivity contribution in [2.75, 3.05) is 33.3 Å². The van der Waals surface area contributed by atoms with Crippen LogP contribution >= 0.6 is 0 Å². The van der Waals surface area contributed by atoms with E-state index >= 15 is 0 Å². The van der Waals surface area contributed by atoms with Crippen LogP contribution in [0.25, 0.3) is 0 Å². The molecule has 87 heavy (non-hydrogen) atoms. The van der Waals surface area contributed by atoms with Gasteiger partial charge in [0.15, 0.2) is 0 Å². The van der Waals surface area contributed by atoms with Crippen molar-refractivity contribution >= 4 is 39.9 Å². The Bertz CT molecular complexity index is 3530. The van der Waals surface area contributed by atoms with Gasteiger partial charge in [-0.1, -0.05) is 132 Å². The fraction of sp³-hybridized carbons (Fsp3) is 0.294. The maximum Gasteiger partial charge on any atom is 0.264 e. The molecule has 0 heterocycles. The first-order valence-electron chi connectivity index (χ1n) is 28.7. The first-order chi connectivity index (χ1) is 41.7. The summed E-state index contributed by atoms with van der Waals surface area (Å²) in [6, 6.07) is 56.5. The quantitative estimate of drug-likeness (QED) is 0.0625. The van der Waals surface area contributed by atoms with Crippen LogP contribution in [-0.4, -0.2) is 71.6 Å². The summed E-state index contributed by atoms with van der Waals surface area (Å²) in [5.74, 6) is 4.63. The maximum absolute atomic E-state index is 13.5. The van der Waals surface area contributed by atoms with E-state index in [1.165, 1.54) is 56.0 Å². The van der Waals surface area contributed by atoms with E-state index in [9.17, 15) is 33.7 Å². The summed E-state index contributed by atoms with van der Waals surface area (Å²) < 4.78 is 132. The molecule has 0 aliphatic carbocycles. The summed E-state index contributed by atoms with van der Waals surface area (Å²) >= 11 is 0. The minimum absolute atomic E-state index is 0.150. The van der Waals surface area contributed by atoms with Gasteiger partial charge in [-0.25, -0.2) is 16.8 Å². The van der Waals surface area contributed by atoms with Crippen molar-refractivity contribution < 1.29 is 66.1 Å². The van der Waals surface area contributed by atoms with Crippen LogP contribution in [0.4, 0.5) is 0 Å². The van der Waals surface area contributed by atoms with Crippen LogP contribution in [0, 0.1) is 0 Å². The molecule has 0 radical (unpaired) electrons. The highest BCUT2D eigenvalue weighted by Crippen LogP contribution is 2.31. The van der Waals surface area contributed by atoms with Gasteiger partial charge >= 0.3 is 0 Å². The molecule has 0 bridgehead atoms. The minimum atomic E-state index is -3.78. The van der Waals surface area contributed by atoms with Crippen LogP contribution in [-0.2, 0) is 56.9 Å². The molecule has 1 N–H and O–H groups in total. The highest BCUT2D eigenvalue weighted by molar-refractivity contribution is 7.91. The first-order valence-corrected chi connectivity index (χ1v) is 35.1. The lowest BCUT2D eigenvalue weighted by Gasteiger charge is -2.10. The van der Waals surface area contributed by atoms with Crippen LogP contribution < -0.4 is 23.7 Å². The predicted octanol–water partition coefficient (Wildman–Crippen LogP) is 17.6. The Morgan fingerprint density at radius 1 is 0.299 bits per heavy atom. The molecular weight excluding hydrogens is 1190 g/mol. The zero-order valence-electron chi connectivity index (χ0n) is 53.4. The second kappa shape index (κ2) is 42.3. The van der Waals surface area contributed by atoms with Gasteiger partial charge in [0.2, 0.25) is 19.7 Å². The molecule has 0 amide bonds. The van der Waals surface area contributed by atoms with E-state index in [0.29, 0.717) is 46.7 Å². The lowest BCUT2D eigenvalue weighted by atomic mass is 10.0. The lowest BCUT2D eigenvalue weighted by molar-refractivity contribution is 0.403. The van der Waals surface area contributed by atoms with Crippen LogP contribution in [0.15, 0.2) is 214 Å². The topological polar surface area (TPSA) is 212 Å². The minimum Gasteiger partial charge on any atom is -0.497 e. The van der Waals surface area contributed by atoms with E-state index in [4.69, 9.17) is 28.2 Å². The highest BCUT2D eigenvalue weighted by Gasteiger charge is 2.19. The summed E-state index contributed by atoms with van der Waals surface area (Å²) in [6.07, 6.45) is 2.45. The van der Waals surface area contributed by atoms with Crippen molar-refractivity contribution in [3.63, 3.8) is 0 Å². The fourth-order valence-corrected chi connectivity index (χ4v) is 9.26. The van der Waals surface area contributed by atoms with Gasteiger partial charge in [0, 0.05) is 0 Å². The summed E-state index contributed by atoms with van der Waals surface area (Å²) in [4.78, 5) is 0.655. The predicted molar refractivity (Wildman–Crippen MR) is 353 cm³/mol. The van der Waals surface area contributed by atoms with Gasteiger partial charge in [-0.2, -0.15) is 16.8 Å². The number of rotatable bonds is 18. The number of hydrogen-bond donors (Lipinski definition) is 1. The molecule has 19 heteroatoms. The van der Waals surface area contributed by atoms with Crippen LogP contribution in [0.3, 0.4) is 0 Å². The summed E-state index contributed by atoms with van der Waals surface area (Å²) in [5, 5.41) is 0. The summed E-state index contributed by atoms with van der Waals surface area (Å²) in [7, 11) is -9.99. The van der Waals surface area contributed by atoms with Crippen LogP contribution in [0.5, 0.6) is 46.0 Å². The molecule has 0 atom stereocenters. The van der Waals surface area contributed by atoms with Crippen molar-refractivity contribution in [3.05, 3.63) is 216 Å². The Morgan fingerprint density at radius 2 is 0.448 bits per heavy atom. The number of sulfone groups is 2. The van der Waals surface area contributed by atoms with Crippen LogP contribution in [0.2, 0.25) is 0 Å². The number of methoxy groups -OCH3 is 2. The second-order valence-corrected chi connectivity index (χ2v) is 23.7. The molecule has 0 aliphatic heterocycles. The number of ether oxygens (including phenoxy) is 5. The Kier molecular flexibility index (Phi) is 38.7. The monoisotopic (exact) mass is 1270 g/mol. The maximum atomic E-state index is 13.5. The largest absolute Gasteiger partial charge is 0.497 e. The SMILES string of the molecule is CC.CC.CC.CC.CC.CC.CCS(=O)(=O)O.COS(C)(=O)=O.COc1ccc(Cc2ccc(Oc3ccc(S(=O)(=O)c4ccc(Oc5ccc(Cc6ccc(Oc7ccc(S(=O)(=O)c8ccc(OC)cc8)cc7)cc6)cc5)cc4)cc3)cc2)cc1. The molecule has 0 saturated heterocycles. The van der Waals surface area contributed by atoms with Crippen molar-refractivity contribution in [3.8, 4) is 46.0 Å². The summed E-state index contributed by atoms with van der Waals surface area (Å²) in [5.41, 5.74) is 4.45. The molecule has 476 valence electrons. The van der Waals surface area contributed by atoms with E-state index in [1.54, 1.807) is 67.8 Å². The van der Waals surface area contributed by atoms with Crippen molar-refractivity contribution in [2.24, 2.45) is 0 Å². The van der Waals surface area contributed by atoms with Crippen molar-refractivity contribution in [1.82, 2.24) is 0 Å². The van der Waals surface area contributed by atoms with Gasteiger partial charge in [0.25, 0.3) is 20.2 Å². The fourth-order valence-electron chi connectivity index (χ4n) is 6.74. The lowest BCUT2D eigenvalue weighted by Crippen LogP contribution is -2.01. The molecule has 0 saturated carbocycles. The van der Waals surface area contributed by atoms with E-state index in [1.807, 2.05) is 180 Å². The summed E-state index contributed by atoms with van der Waals surface area (Å²) in [6.45, 7) is 25.4. The molecule has 0 spiro atoms. The average Bonchev–Trinajstić information content (AvgIpc) is 2.03. The Morgan fingerprint density at radius 3 is 0.598 bits per heavy atom. The van der Waals surface area contributed by atoms with Gasteiger partial charge in [-0.15, -0.1) is 0 Å². The van der Waals surface area contributed by atoms with E-state index in [-0.39, 0.29) is 25.3 Å². The standard InChI is InChI=1S/C52H42O9S2.2C2H6O3S.6C2H6/c1-57-41-11-3-37(4-12-41)35-38-5-13-43(14-6-38)59-47-23-31-51(32-24-47)63(55,56)52-33-25-48(26-34-52)61-45-17-9-40(10-18-45)36-39-7-15-44(16-8-39)60-46-21-29-50(30-22-46)62(53,54)49-27-19-42(58-2)20-28-49;1-5-6(2,3)4;1-2-6(3,4)5;6*1-2/h3-34H,35-36H2,1-2H3;1-2H3;2H2,1H3,(H,3,4,5);6*1-2H3. The van der Waals surface area contributed by atoms with Crippen molar-refractivity contribution in [1.29, 1.82) is 0 Å². The number of hydrogen-bond acceptors (Lipinski definition) is 14. The van der Waals surface area contributed by atoms with E-state index < -0.39 is 39.9 Å². The third-order valence-corrected chi connectivity index (χ3v) is 15.8. The zero-order chi connectivity index (χ0) is 66.2. The molecule has 15 nitrogen and oxygen atoms in total. The smallest absolute Gasteiger partial charge is 0.264 e. The molecule has 8 aromatic rings. The number of benzene rings is 8. The average molecular weight is 1280 g/mol. The molecule has 0 aliphatic rings. The molecule has 0 unspecified atom stereocenters. The van der Waals surface area contributed by atoms with E-state index in [0.717, 1.165) is 42.2 Å². The zero-order valence-corrected chi connectivity index (χ0v) is 56.7. The highest BCUT2D eigenvalue weighted by atomic mass is 32.2. The second-order valence-electron chi connectivity index (χ2n) is 16.3. The van der Waals surface area contributed by atoms with Crippen molar-refractivity contribution in [2.45, 2.75) is 122 Å². The van der Waals surface area contributed by atoms with Gasteiger partial charge in [0.05, 0.1) is 52.9 Å². The van der Waals surface area contributed by atoms with Gasteiger partial charge in [0.1, 0.15) is 46.0 Å². The van der Waals surface area contributed by atoms with Crippen LogP contribution in [0.1, 0.15) is 112 Å². The first kappa shape index (κ1) is 79.5. The molecular formula is C68H90O15S4. The molecule has 0 aromatic heterocycles. The third kappa shape index (κ3) is 28.7. The van der Waals surface area contributed by atoms with Gasteiger partial charge in [-0.05, 0) is 188 Å².